The van der Waals surface area contributed by atoms with Crippen molar-refractivity contribution in [3.8, 4) is 46.0 Å². The van der Waals surface area contributed by atoms with E-state index in [9.17, 15) is 35.9 Å². The van der Waals surface area contributed by atoms with Gasteiger partial charge in [0.2, 0.25) is 0 Å². The van der Waals surface area contributed by atoms with E-state index in [0.29, 0.717) is 79.0 Å². The van der Waals surface area contributed by atoms with Gasteiger partial charge in [0, 0.05) is 13.1 Å². The summed E-state index contributed by atoms with van der Waals surface area (Å²) in [5.41, 5.74) is 4.45. The molecule has 4 aromatic carbocycles. The summed E-state index contributed by atoms with van der Waals surface area (Å²) in [6, 6.07) is 11.0. The second-order valence-corrected chi connectivity index (χ2v) is 15.2. The van der Waals surface area contributed by atoms with E-state index in [-0.39, 0.29) is 56.7 Å². The molecule has 0 N–H and O–H groups in total. The molecule has 65 heavy (non-hydrogen) atoms. The molecule has 0 spiro atoms. The van der Waals surface area contributed by atoms with Gasteiger partial charge >= 0.3 is 24.2 Å². The van der Waals surface area contributed by atoms with Crippen LogP contribution in [0.1, 0.15) is 56.6 Å². The van der Waals surface area contributed by atoms with Crippen molar-refractivity contribution >= 4 is 17.9 Å². The molecule has 0 unspecified atom stereocenters. The summed E-state index contributed by atoms with van der Waals surface area (Å²) < 4.78 is 129. The maximum absolute atomic E-state index is 14.2. The van der Waals surface area contributed by atoms with Crippen molar-refractivity contribution < 1.29 is 73.8 Å². The minimum Gasteiger partial charge on any atom is -0.493 e. The highest BCUT2D eigenvalue weighted by Crippen LogP contribution is 2.45. The average Bonchev–Trinajstić information content (AvgIpc) is 3.29. The summed E-state index contributed by atoms with van der Waals surface area (Å²) in [5.74, 6) is -1.40. The number of carbonyl (C=O) groups is 2. The van der Waals surface area contributed by atoms with E-state index in [1.165, 1.54) is 56.9 Å². The zero-order chi connectivity index (χ0) is 47.4. The van der Waals surface area contributed by atoms with Crippen molar-refractivity contribution in [2.24, 2.45) is 0 Å². The van der Waals surface area contributed by atoms with Crippen molar-refractivity contribution in [3.63, 3.8) is 0 Å². The summed E-state index contributed by atoms with van der Waals surface area (Å²) in [5, 5.41) is 0. The Hall–Kier alpha value is -6.46. The van der Waals surface area contributed by atoms with Crippen LogP contribution in [0.4, 0.5) is 26.3 Å². The summed E-state index contributed by atoms with van der Waals surface area (Å²) in [7, 11) is 11.4. The Balaban J connectivity index is 1.44. The van der Waals surface area contributed by atoms with Crippen molar-refractivity contribution in [3.05, 3.63) is 99.1 Å². The Morgan fingerprint density at radius 2 is 0.846 bits per heavy atom. The Labute approximate surface area is 372 Å². The number of benzene rings is 4. The highest BCUT2D eigenvalue weighted by Gasteiger charge is 2.48. The van der Waals surface area contributed by atoms with Gasteiger partial charge in [0.15, 0.2) is 46.0 Å². The fourth-order valence-electron chi connectivity index (χ4n) is 8.65. The lowest BCUT2D eigenvalue weighted by Crippen LogP contribution is -2.47. The number of allylic oxidation sites excluding steroid dienone is 1. The molecular formula is C47H50F6N2O10. The summed E-state index contributed by atoms with van der Waals surface area (Å²) in [4.78, 5) is 27.7. The summed E-state index contributed by atoms with van der Waals surface area (Å²) in [6.45, 7) is -0.433. The van der Waals surface area contributed by atoms with Gasteiger partial charge in [-0.15, -0.1) is 0 Å². The third kappa shape index (κ3) is 9.95. The lowest BCUT2D eigenvalue weighted by atomic mass is 9.86. The molecule has 18 heteroatoms. The fourth-order valence-corrected chi connectivity index (χ4v) is 8.65. The second-order valence-electron chi connectivity index (χ2n) is 15.2. The van der Waals surface area contributed by atoms with Gasteiger partial charge in [0.05, 0.1) is 69.0 Å². The number of hydrogen-bond donors (Lipinski definition) is 0. The largest absolute Gasteiger partial charge is 0.493 e. The van der Waals surface area contributed by atoms with Crippen molar-refractivity contribution in [2.75, 3.05) is 70.0 Å². The number of rotatable bonds is 15. The van der Waals surface area contributed by atoms with Crippen LogP contribution in [0, 0.1) is 0 Å². The zero-order valence-electron chi connectivity index (χ0n) is 37.1. The van der Waals surface area contributed by atoms with Crippen LogP contribution in [0.3, 0.4) is 0 Å². The number of hydrogen-bond acceptors (Lipinski definition) is 10. The number of fused-ring (bicyclic) bond motifs is 2. The van der Waals surface area contributed by atoms with Gasteiger partial charge in [-0.2, -0.15) is 26.3 Å². The molecule has 0 aliphatic carbocycles. The van der Waals surface area contributed by atoms with E-state index in [1.807, 2.05) is 0 Å². The summed E-state index contributed by atoms with van der Waals surface area (Å²) >= 11 is 0. The molecule has 2 amide bonds. The van der Waals surface area contributed by atoms with Gasteiger partial charge in [-0.1, -0.05) is 12.2 Å². The smallest absolute Gasteiger partial charge is 0.471 e. The highest BCUT2D eigenvalue weighted by atomic mass is 19.4. The van der Waals surface area contributed by atoms with Crippen LogP contribution in [0.5, 0.6) is 46.0 Å². The van der Waals surface area contributed by atoms with E-state index in [2.05, 4.69) is 0 Å². The first kappa shape index (κ1) is 48.0. The predicted molar refractivity (Wildman–Crippen MR) is 227 cm³/mol. The Bertz CT molecular complexity index is 2440. The lowest BCUT2D eigenvalue weighted by Gasteiger charge is -2.38. The molecule has 2 atom stereocenters. The average molecular weight is 917 g/mol. The highest BCUT2D eigenvalue weighted by molar-refractivity contribution is 5.83. The van der Waals surface area contributed by atoms with Crippen molar-refractivity contribution in [1.82, 2.24) is 9.80 Å². The molecule has 6 rings (SSSR count). The zero-order valence-corrected chi connectivity index (χ0v) is 37.1. The first-order chi connectivity index (χ1) is 30.9. The van der Waals surface area contributed by atoms with Gasteiger partial charge in [-0.3, -0.25) is 9.59 Å². The predicted octanol–water partition coefficient (Wildman–Crippen LogP) is 8.47. The van der Waals surface area contributed by atoms with E-state index in [4.69, 9.17) is 37.9 Å². The van der Waals surface area contributed by atoms with Crippen molar-refractivity contribution in [2.45, 2.75) is 56.5 Å². The van der Waals surface area contributed by atoms with E-state index in [0.717, 1.165) is 9.80 Å². The topological polar surface area (TPSA) is 114 Å². The first-order valence-corrected chi connectivity index (χ1v) is 20.3. The fraction of sp³-hybridized carbons (Fsp3) is 0.404. The van der Waals surface area contributed by atoms with Crippen LogP contribution in [0.15, 0.2) is 54.6 Å². The quantitative estimate of drug-likeness (QED) is 0.108. The van der Waals surface area contributed by atoms with E-state index in [1.54, 1.807) is 60.7 Å². The number of nitrogens with zero attached hydrogens (tertiary/aromatic N) is 2. The first-order valence-electron chi connectivity index (χ1n) is 20.3. The SMILES string of the molecule is COc1cc(/C=C/Cc2cc(OC)c(OC)cc2C[C@H]2c3cc(OC)c(OC)cc3CCN2C(=O)C(F)(F)F)c(C[C@H]2c3cc(OC)c(OC)cc3CCN2C(=O)C(F)(F)F)cc1OC. The molecule has 4 aromatic rings. The molecule has 350 valence electrons. The monoisotopic (exact) mass is 916 g/mol. The molecular weight excluding hydrogens is 867 g/mol. The minimum atomic E-state index is -5.15. The summed E-state index contributed by atoms with van der Waals surface area (Å²) in [6.07, 6.45) is -6.53. The maximum atomic E-state index is 14.2. The number of ether oxygens (including phenoxy) is 8. The van der Waals surface area contributed by atoms with E-state index >= 15 is 0 Å². The van der Waals surface area contributed by atoms with Gasteiger partial charge in [-0.25, -0.2) is 0 Å². The van der Waals surface area contributed by atoms with Gasteiger partial charge in [0.1, 0.15) is 0 Å². The van der Waals surface area contributed by atoms with Crippen LogP contribution in [0.25, 0.3) is 6.08 Å². The second kappa shape index (κ2) is 19.7. The van der Waals surface area contributed by atoms with Crippen molar-refractivity contribution in [1.29, 1.82) is 0 Å². The molecule has 0 fully saturated rings. The molecule has 2 aliphatic heterocycles. The Morgan fingerprint density at radius 3 is 1.25 bits per heavy atom. The normalized spacial score (nSPS) is 16.1. The molecule has 2 heterocycles. The molecule has 0 saturated heterocycles. The molecule has 0 saturated carbocycles. The van der Waals surface area contributed by atoms with Crippen LogP contribution in [0.2, 0.25) is 0 Å². The molecule has 0 aromatic heterocycles. The number of carbonyl (C=O) groups excluding carboxylic acids is 2. The van der Waals surface area contributed by atoms with Gasteiger partial charge in [0.25, 0.3) is 0 Å². The Kier molecular flexibility index (Phi) is 14.6. The van der Waals surface area contributed by atoms with E-state index < -0.39 is 36.3 Å². The number of alkyl halides is 6. The molecule has 0 bridgehead atoms. The standard InChI is InChI=1S/C47H50F6N2O10/c1-58-36-18-26(30(22-40(36)62-5)16-34-32-24-42(64-7)38(60-3)20-28(32)12-14-54(34)44(56)46(48,49)50)10-9-11-27-19-37(59-2)41(63-6)23-31(27)17-35-33-25-43(65-8)39(61-4)21-29(33)13-15-55(35)45(57)47(51,52)53/h9-10,18-25,34-35H,11-17H2,1-8H3/b10-9+/t34-,35-/m0/s1. The van der Waals surface area contributed by atoms with Crippen LogP contribution < -0.4 is 37.9 Å². The van der Waals surface area contributed by atoms with Crippen LogP contribution >= 0.6 is 0 Å². The molecule has 2 aliphatic rings. The van der Waals surface area contributed by atoms with Crippen LogP contribution in [-0.2, 0) is 41.7 Å². The van der Waals surface area contributed by atoms with Gasteiger partial charge in [-0.05, 0) is 125 Å². The maximum Gasteiger partial charge on any atom is 0.471 e. The third-order valence-electron chi connectivity index (χ3n) is 11.8. The Morgan fingerprint density at radius 1 is 0.508 bits per heavy atom. The molecule has 0 radical (unpaired) electrons. The number of halogens is 6. The number of methoxy groups -OCH3 is 8. The number of amides is 2. The lowest BCUT2D eigenvalue weighted by molar-refractivity contribution is -0.188. The van der Waals surface area contributed by atoms with Crippen LogP contribution in [-0.4, -0.2) is 104 Å². The van der Waals surface area contributed by atoms with Gasteiger partial charge < -0.3 is 47.7 Å². The minimum absolute atomic E-state index is 0.0756. The molecule has 12 nitrogen and oxygen atoms in total. The third-order valence-corrected chi connectivity index (χ3v) is 11.8.